The van der Waals surface area contributed by atoms with Gasteiger partial charge in [-0.15, -0.1) is 0 Å². The summed E-state index contributed by atoms with van der Waals surface area (Å²) in [6, 6.07) is 6.34. The zero-order valence-corrected chi connectivity index (χ0v) is 10.9. The molecule has 0 atom stereocenters. The second-order valence-corrected chi connectivity index (χ2v) is 4.93. The zero-order chi connectivity index (χ0) is 12.3. The lowest BCUT2D eigenvalue weighted by molar-refractivity contribution is 0.258. The molecular weight excluding hydrogens is 210 g/mol. The van der Waals surface area contributed by atoms with Crippen LogP contribution in [0.15, 0.2) is 18.2 Å². The number of rotatable bonds is 3. The highest BCUT2D eigenvalue weighted by atomic mass is 15.3. The third kappa shape index (κ3) is 3.13. The van der Waals surface area contributed by atoms with Crippen molar-refractivity contribution in [1.29, 1.82) is 0 Å². The Kier molecular flexibility index (Phi) is 3.89. The van der Waals surface area contributed by atoms with Gasteiger partial charge in [0.2, 0.25) is 0 Å². The summed E-state index contributed by atoms with van der Waals surface area (Å²) in [5.74, 6) is 0. The fourth-order valence-electron chi connectivity index (χ4n) is 2.52. The molecule has 0 saturated carbocycles. The summed E-state index contributed by atoms with van der Waals surface area (Å²) >= 11 is 0. The third-order valence-corrected chi connectivity index (χ3v) is 3.36. The van der Waals surface area contributed by atoms with Gasteiger partial charge in [0.15, 0.2) is 0 Å². The number of benzene rings is 1. The SMILES string of the molecule is CCCN1CCN(c2cc(C)cc(N)c2)CC1. The molecule has 3 nitrogen and oxygen atoms in total. The topological polar surface area (TPSA) is 32.5 Å². The van der Waals surface area contributed by atoms with E-state index in [0.717, 1.165) is 18.8 Å². The molecule has 0 spiro atoms. The van der Waals surface area contributed by atoms with Crippen molar-refractivity contribution in [2.24, 2.45) is 0 Å². The van der Waals surface area contributed by atoms with Crippen molar-refractivity contribution in [2.45, 2.75) is 20.3 Å². The predicted octanol–water partition coefficient (Wildman–Crippen LogP) is 2.11. The maximum absolute atomic E-state index is 5.90. The maximum atomic E-state index is 5.90. The highest BCUT2D eigenvalue weighted by Gasteiger charge is 2.16. The van der Waals surface area contributed by atoms with Gasteiger partial charge in [-0.1, -0.05) is 6.92 Å². The Hall–Kier alpha value is -1.22. The third-order valence-electron chi connectivity index (χ3n) is 3.36. The van der Waals surface area contributed by atoms with Gasteiger partial charge in [-0.3, -0.25) is 4.90 Å². The second kappa shape index (κ2) is 5.41. The molecule has 1 aromatic carbocycles. The van der Waals surface area contributed by atoms with Gasteiger partial charge in [-0.25, -0.2) is 0 Å². The smallest absolute Gasteiger partial charge is 0.0390 e. The summed E-state index contributed by atoms with van der Waals surface area (Å²) in [6.45, 7) is 10.1. The van der Waals surface area contributed by atoms with Gasteiger partial charge in [0.25, 0.3) is 0 Å². The minimum atomic E-state index is 0.871. The van der Waals surface area contributed by atoms with E-state index >= 15 is 0 Å². The van der Waals surface area contributed by atoms with Gasteiger partial charge in [-0.05, 0) is 43.7 Å². The van der Waals surface area contributed by atoms with Crippen molar-refractivity contribution in [1.82, 2.24) is 4.90 Å². The molecule has 0 amide bonds. The minimum Gasteiger partial charge on any atom is -0.399 e. The molecule has 2 rings (SSSR count). The average molecular weight is 233 g/mol. The fraction of sp³-hybridized carbons (Fsp3) is 0.571. The van der Waals surface area contributed by atoms with E-state index in [0.29, 0.717) is 0 Å². The largest absolute Gasteiger partial charge is 0.399 e. The Balaban J connectivity index is 2.00. The van der Waals surface area contributed by atoms with E-state index in [2.05, 4.69) is 35.8 Å². The number of nitrogens with two attached hydrogens (primary N) is 1. The molecular formula is C14H23N3. The van der Waals surface area contributed by atoms with E-state index in [1.54, 1.807) is 0 Å². The number of anilines is 2. The first kappa shape index (κ1) is 12.2. The van der Waals surface area contributed by atoms with Crippen LogP contribution >= 0.6 is 0 Å². The Bertz CT molecular complexity index is 347. The Morgan fingerprint density at radius 1 is 1.12 bits per heavy atom. The van der Waals surface area contributed by atoms with Gasteiger partial charge in [0, 0.05) is 37.6 Å². The normalized spacial score (nSPS) is 17.4. The van der Waals surface area contributed by atoms with E-state index in [1.807, 2.05) is 6.07 Å². The van der Waals surface area contributed by atoms with Crippen molar-refractivity contribution in [2.75, 3.05) is 43.4 Å². The molecule has 1 heterocycles. The van der Waals surface area contributed by atoms with Crippen molar-refractivity contribution in [3.63, 3.8) is 0 Å². The Morgan fingerprint density at radius 3 is 2.41 bits per heavy atom. The number of nitrogens with zero attached hydrogens (tertiary/aromatic N) is 2. The van der Waals surface area contributed by atoms with Crippen LogP contribution in [-0.2, 0) is 0 Å². The van der Waals surface area contributed by atoms with Gasteiger partial charge in [-0.2, -0.15) is 0 Å². The molecule has 0 aromatic heterocycles. The summed E-state index contributed by atoms with van der Waals surface area (Å²) in [5, 5.41) is 0. The molecule has 94 valence electrons. The molecule has 1 fully saturated rings. The van der Waals surface area contributed by atoms with Crippen LogP contribution < -0.4 is 10.6 Å². The Labute approximate surface area is 104 Å². The number of hydrogen-bond donors (Lipinski definition) is 1. The molecule has 0 radical (unpaired) electrons. The van der Waals surface area contributed by atoms with Crippen LogP contribution in [0.25, 0.3) is 0 Å². The number of aryl methyl sites for hydroxylation is 1. The minimum absolute atomic E-state index is 0.871. The lowest BCUT2D eigenvalue weighted by atomic mass is 10.1. The molecule has 17 heavy (non-hydrogen) atoms. The molecule has 0 aliphatic carbocycles. The monoisotopic (exact) mass is 233 g/mol. The van der Waals surface area contributed by atoms with Crippen LogP contribution in [0.5, 0.6) is 0 Å². The standard InChI is InChI=1S/C14H23N3/c1-3-4-16-5-7-17(8-6-16)14-10-12(2)9-13(15)11-14/h9-11H,3-8,15H2,1-2H3. The first-order chi connectivity index (χ1) is 8.19. The van der Waals surface area contributed by atoms with Crippen LogP contribution in [0.3, 0.4) is 0 Å². The summed E-state index contributed by atoms with van der Waals surface area (Å²) in [7, 11) is 0. The van der Waals surface area contributed by atoms with Gasteiger partial charge in [0.05, 0.1) is 0 Å². The van der Waals surface area contributed by atoms with Crippen LogP contribution in [0.2, 0.25) is 0 Å². The molecule has 3 heteroatoms. The average Bonchev–Trinajstić information content (AvgIpc) is 2.29. The first-order valence-electron chi connectivity index (χ1n) is 6.53. The van der Waals surface area contributed by atoms with E-state index in [1.165, 1.54) is 37.3 Å². The highest BCUT2D eigenvalue weighted by molar-refractivity contribution is 5.58. The van der Waals surface area contributed by atoms with Gasteiger partial charge in [0.1, 0.15) is 0 Å². The Morgan fingerprint density at radius 2 is 1.82 bits per heavy atom. The van der Waals surface area contributed by atoms with Crippen LogP contribution in [0.1, 0.15) is 18.9 Å². The predicted molar refractivity (Wildman–Crippen MR) is 74.5 cm³/mol. The summed E-state index contributed by atoms with van der Waals surface area (Å²) in [5.41, 5.74) is 9.30. The van der Waals surface area contributed by atoms with E-state index in [-0.39, 0.29) is 0 Å². The number of nitrogen functional groups attached to an aromatic ring is 1. The molecule has 2 N–H and O–H groups in total. The molecule has 0 unspecified atom stereocenters. The van der Waals surface area contributed by atoms with Gasteiger partial charge >= 0.3 is 0 Å². The first-order valence-corrected chi connectivity index (χ1v) is 6.53. The van der Waals surface area contributed by atoms with Gasteiger partial charge < -0.3 is 10.6 Å². The molecule has 1 aromatic rings. The summed E-state index contributed by atoms with van der Waals surface area (Å²) < 4.78 is 0. The van der Waals surface area contributed by atoms with Crippen molar-refractivity contribution >= 4 is 11.4 Å². The quantitative estimate of drug-likeness (QED) is 0.812. The van der Waals surface area contributed by atoms with Crippen LogP contribution in [0.4, 0.5) is 11.4 Å². The molecule has 1 saturated heterocycles. The summed E-state index contributed by atoms with van der Waals surface area (Å²) in [4.78, 5) is 4.98. The van der Waals surface area contributed by atoms with E-state index < -0.39 is 0 Å². The van der Waals surface area contributed by atoms with Crippen LogP contribution in [-0.4, -0.2) is 37.6 Å². The van der Waals surface area contributed by atoms with E-state index in [4.69, 9.17) is 5.73 Å². The second-order valence-electron chi connectivity index (χ2n) is 4.93. The van der Waals surface area contributed by atoms with Crippen molar-refractivity contribution < 1.29 is 0 Å². The lowest BCUT2D eigenvalue weighted by Gasteiger charge is -2.36. The number of hydrogen-bond acceptors (Lipinski definition) is 3. The maximum Gasteiger partial charge on any atom is 0.0390 e. The molecule has 0 bridgehead atoms. The van der Waals surface area contributed by atoms with Crippen molar-refractivity contribution in [3.8, 4) is 0 Å². The van der Waals surface area contributed by atoms with E-state index in [9.17, 15) is 0 Å². The zero-order valence-electron chi connectivity index (χ0n) is 10.9. The summed E-state index contributed by atoms with van der Waals surface area (Å²) in [6.07, 6.45) is 1.25. The lowest BCUT2D eigenvalue weighted by Crippen LogP contribution is -2.46. The number of piperazine rings is 1. The van der Waals surface area contributed by atoms with Crippen LogP contribution in [0, 0.1) is 6.92 Å². The molecule has 1 aliphatic heterocycles. The fourth-order valence-corrected chi connectivity index (χ4v) is 2.52. The highest BCUT2D eigenvalue weighted by Crippen LogP contribution is 2.21. The van der Waals surface area contributed by atoms with Crippen molar-refractivity contribution in [3.05, 3.63) is 23.8 Å². The molecule has 1 aliphatic rings.